The number of esters is 1. The molecule has 0 heterocycles. The molecule has 0 fully saturated rings. The van der Waals surface area contributed by atoms with Gasteiger partial charge in [-0.05, 0) is 23.8 Å². The minimum atomic E-state index is -0.848. The molecule has 0 aliphatic heterocycles. The zero-order valence-corrected chi connectivity index (χ0v) is 14.4. The highest BCUT2D eigenvalue weighted by Crippen LogP contribution is 2.21. The molecule has 2 aromatic carbocycles. The molecule has 0 aromatic heterocycles. The van der Waals surface area contributed by atoms with Crippen LogP contribution >= 0.6 is 0 Å². The number of para-hydroxylation sites is 2. The fraction of sp³-hybridized carbons (Fsp3) is 0.263. The molecule has 0 radical (unpaired) electrons. The second kappa shape index (κ2) is 8.73. The Kier molecular flexibility index (Phi) is 6.39. The highest BCUT2D eigenvalue weighted by Gasteiger charge is 2.25. The van der Waals surface area contributed by atoms with Crippen LogP contribution in [0.2, 0.25) is 0 Å². The Morgan fingerprint density at radius 3 is 2.16 bits per heavy atom. The summed E-state index contributed by atoms with van der Waals surface area (Å²) in [6.45, 7) is 0. The summed E-state index contributed by atoms with van der Waals surface area (Å²) in [6.07, 6.45) is 0.248. The summed E-state index contributed by atoms with van der Waals surface area (Å²) >= 11 is 0. The molecule has 2 rings (SSSR count). The summed E-state index contributed by atoms with van der Waals surface area (Å²) in [4.78, 5) is 24.7. The monoisotopic (exact) mass is 343 g/mol. The summed E-state index contributed by atoms with van der Waals surface area (Å²) in [7, 11) is 4.32. The van der Waals surface area contributed by atoms with Gasteiger partial charge in [-0.25, -0.2) is 4.79 Å². The summed E-state index contributed by atoms with van der Waals surface area (Å²) in [5.74, 6) is 0.126. The summed E-state index contributed by atoms with van der Waals surface area (Å²) in [5, 5.41) is 2.71. The van der Waals surface area contributed by atoms with Crippen molar-refractivity contribution in [3.05, 3.63) is 59.7 Å². The van der Waals surface area contributed by atoms with Crippen molar-refractivity contribution in [2.45, 2.75) is 12.5 Å². The van der Waals surface area contributed by atoms with Gasteiger partial charge in [0, 0.05) is 6.42 Å². The van der Waals surface area contributed by atoms with Gasteiger partial charge in [-0.2, -0.15) is 0 Å². The van der Waals surface area contributed by atoms with Crippen molar-refractivity contribution in [2.24, 2.45) is 0 Å². The van der Waals surface area contributed by atoms with E-state index in [0.29, 0.717) is 17.1 Å². The lowest BCUT2D eigenvalue weighted by Gasteiger charge is -2.18. The third-order valence-corrected chi connectivity index (χ3v) is 3.76. The maximum absolute atomic E-state index is 12.6. The van der Waals surface area contributed by atoms with Gasteiger partial charge in [0.15, 0.2) is 0 Å². The van der Waals surface area contributed by atoms with Crippen molar-refractivity contribution >= 4 is 11.9 Å². The second-order valence-electron chi connectivity index (χ2n) is 5.27. The quantitative estimate of drug-likeness (QED) is 0.781. The van der Waals surface area contributed by atoms with Crippen LogP contribution in [0.4, 0.5) is 0 Å². The summed E-state index contributed by atoms with van der Waals surface area (Å²) in [6, 6.07) is 13.3. The van der Waals surface area contributed by atoms with Crippen LogP contribution in [0.1, 0.15) is 15.9 Å². The van der Waals surface area contributed by atoms with Gasteiger partial charge in [0.25, 0.3) is 5.91 Å². The van der Waals surface area contributed by atoms with E-state index in [1.54, 1.807) is 37.4 Å². The number of carbonyl (C=O) groups excluding carboxylic acids is 2. The van der Waals surface area contributed by atoms with Crippen LogP contribution in [-0.4, -0.2) is 39.2 Å². The van der Waals surface area contributed by atoms with E-state index >= 15 is 0 Å². The Hall–Kier alpha value is -3.02. The van der Waals surface area contributed by atoms with Gasteiger partial charge in [0.05, 0.1) is 26.9 Å². The number of carbonyl (C=O) groups is 2. The first-order valence-corrected chi connectivity index (χ1v) is 7.74. The Balaban J connectivity index is 2.23. The molecule has 0 spiro atoms. The van der Waals surface area contributed by atoms with Crippen molar-refractivity contribution in [3.8, 4) is 11.5 Å². The average Bonchev–Trinajstić information content (AvgIpc) is 2.66. The van der Waals surface area contributed by atoms with Crippen LogP contribution in [-0.2, 0) is 16.0 Å². The SMILES string of the molecule is COC(=O)[C@@H](Cc1ccccc1OC)NC(=O)c1ccccc1OC. The summed E-state index contributed by atoms with van der Waals surface area (Å²) in [5.41, 5.74) is 1.14. The van der Waals surface area contributed by atoms with Crippen molar-refractivity contribution in [1.29, 1.82) is 0 Å². The third-order valence-electron chi connectivity index (χ3n) is 3.76. The number of methoxy groups -OCH3 is 3. The van der Waals surface area contributed by atoms with E-state index in [1.165, 1.54) is 14.2 Å². The van der Waals surface area contributed by atoms with Crippen LogP contribution in [0.15, 0.2) is 48.5 Å². The van der Waals surface area contributed by atoms with E-state index in [9.17, 15) is 9.59 Å². The highest BCUT2D eigenvalue weighted by molar-refractivity contribution is 5.99. The van der Waals surface area contributed by atoms with Crippen LogP contribution < -0.4 is 14.8 Å². The number of hydrogen-bond acceptors (Lipinski definition) is 5. The second-order valence-corrected chi connectivity index (χ2v) is 5.27. The maximum Gasteiger partial charge on any atom is 0.328 e. The number of nitrogens with one attached hydrogen (secondary N) is 1. The first-order valence-electron chi connectivity index (χ1n) is 7.74. The van der Waals surface area contributed by atoms with Gasteiger partial charge in [0.2, 0.25) is 0 Å². The van der Waals surface area contributed by atoms with E-state index < -0.39 is 17.9 Å². The molecule has 0 saturated heterocycles. The fourth-order valence-corrected chi connectivity index (χ4v) is 2.50. The van der Waals surface area contributed by atoms with Gasteiger partial charge in [-0.3, -0.25) is 4.79 Å². The van der Waals surface area contributed by atoms with Crippen molar-refractivity contribution in [3.63, 3.8) is 0 Å². The van der Waals surface area contributed by atoms with Crippen molar-refractivity contribution in [2.75, 3.05) is 21.3 Å². The zero-order valence-electron chi connectivity index (χ0n) is 14.4. The van der Waals surface area contributed by atoms with Crippen LogP contribution in [0.3, 0.4) is 0 Å². The predicted octanol–water partition coefficient (Wildman–Crippen LogP) is 2.22. The zero-order chi connectivity index (χ0) is 18.2. The molecule has 0 aliphatic carbocycles. The lowest BCUT2D eigenvalue weighted by atomic mass is 10.0. The van der Waals surface area contributed by atoms with E-state index in [0.717, 1.165) is 5.56 Å². The molecular weight excluding hydrogens is 322 g/mol. The van der Waals surface area contributed by atoms with E-state index in [1.807, 2.05) is 18.2 Å². The van der Waals surface area contributed by atoms with E-state index in [2.05, 4.69) is 5.32 Å². The first-order chi connectivity index (χ1) is 12.1. The van der Waals surface area contributed by atoms with Crippen LogP contribution in [0, 0.1) is 0 Å². The molecule has 2 aromatic rings. The molecule has 1 N–H and O–H groups in total. The number of amides is 1. The normalized spacial score (nSPS) is 11.3. The Morgan fingerprint density at radius 2 is 1.52 bits per heavy atom. The molecule has 6 heteroatoms. The lowest BCUT2D eigenvalue weighted by molar-refractivity contribution is -0.142. The molecule has 132 valence electrons. The molecule has 25 heavy (non-hydrogen) atoms. The minimum Gasteiger partial charge on any atom is -0.496 e. The van der Waals surface area contributed by atoms with Gasteiger partial charge in [-0.15, -0.1) is 0 Å². The third kappa shape index (κ3) is 4.50. The molecule has 0 aliphatic rings. The van der Waals surface area contributed by atoms with Gasteiger partial charge in [-0.1, -0.05) is 30.3 Å². The Bertz CT molecular complexity index is 744. The Morgan fingerprint density at radius 1 is 0.920 bits per heavy atom. The molecule has 0 bridgehead atoms. The molecule has 1 atom stereocenters. The average molecular weight is 343 g/mol. The predicted molar refractivity (Wildman–Crippen MR) is 93.0 cm³/mol. The van der Waals surface area contributed by atoms with Crippen LogP contribution in [0.25, 0.3) is 0 Å². The standard InChI is InChI=1S/C19H21NO5/c1-23-16-10-6-4-8-13(16)12-15(19(22)25-3)20-18(21)14-9-5-7-11-17(14)24-2/h4-11,15H,12H2,1-3H3,(H,20,21)/t15-/m1/s1. The van der Waals surface area contributed by atoms with Gasteiger partial charge < -0.3 is 19.5 Å². The lowest BCUT2D eigenvalue weighted by Crippen LogP contribution is -2.43. The number of ether oxygens (including phenoxy) is 3. The van der Waals surface area contributed by atoms with Crippen molar-refractivity contribution in [1.82, 2.24) is 5.32 Å². The minimum absolute atomic E-state index is 0.248. The summed E-state index contributed by atoms with van der Waals surface area (Å²) < 4.78 is 15.3. The molecule has 0 saturated carbocycles. The topological polar surface area (TPSA) is 73.9 Å². The molecular formula is C19H21NO5. The Labute approximate surface area is 146 Å². The molecule has 1 amide bonds. The number of rotatable bonds is 7. The highest BCUT2D eigenvalue weighted by atomic mass is 16.5. The van der Waals surface area contributed by atoms with E-state index in [-0.39, 0.29) is 6.42 Å². The first kappa shape index (κ1) is 18.3. The van der Waals surface area contributed by atoms with Gasteiger partial charge in [0.1, 0.15) is 17.5 Å². The molecule has 0 unspecified atom stereocenters. The van der Waals surface area contributed by atoms with Crippen molar-refractivity contribution < 1.29 is 23.8 Å². The van der Waals surface area contributed by atoms with Crippen LogP contribution in [0.5, 0.6) is 11.5 Å². The largest absolute Gasteiger partial charge is 0.496 e. The number of hydrogen-bond donors (Lipinski definition) is 1. The van der Waals surface area contributed by atoms with Gasteiger partial charge >= 0.3 is 5.97 Å². The molecule has 6 nitrogen and oxygen atoms in total. The maximum atomic E-state index is 12.6. The van der Waals surface area contributed by atoms with E-state index in [4.69, 9.17) is 14.2 Å². The smallest absolute Gasteiger partial charge is 0.328 e. The number of benzene rings is 2. The fourth-order valence-electron chi connectivity index (χ4n) is 2.50.